The summed E-state index contributed by atoms with van der Waals surface area (Å²) >= 11 is 0. The zero-order valence-electron chi connectivity index (χ0n) is 34.5. The van der Waals surface area contributed by atoms with Crippen LogP contribution in [0.3, 0.4) is 0 Å². The predicted molar refractivity (Wildman–Crippen MR) is 221 cm³/mol. The number of ether oxygens (including phenoxy) is 2. The maximum absolute atomic E-state index is 12.6. The number of unbranched alkanes of at least 4 members (excludes halogenated alkanes) is 14. The number of hydrogen-bond acceptors (Lipinski definition) is 12. The highest BCUT2D eigenvalue weighted by molar-refractivity contribution is 7.47. The Hall–Kier alpha value is -2.68. The summed E-state index contributed by atoms with van der Waals surface area (Å²) in [4.78, 5) is 45.9. The van der Waals surface area contributed by atoms with E-state index in [-0.39, 0.29) is 25.7 Å². The largest absolute Gasteiger partial charge is 0.480 e. The minimum atomic E-state index is -4.81. The van der Waals surface area contributed by atoms with E-state index < -0.39 is 76.0 Å². The average Bonchev–Trinajstić information content (AvgIpc) is 3.17. The van der Waals surface area contributed by atoms with E-state index in [4.69, 9.17) is 24.8 Å². The van der Waals surface area contributed by atoms with Gasteiger partial charge in [-0.1, -0.05) is 159 Å². The lowest BCUT2D eigenvalue weighted by molar-refractivity contribution is -0.161. The van der Waals surface area contributed by atoms with Crippen molar-refractivity contribution in [1.82, 2.24) is 0 Å². The fraction of sp³-hybridized carbons (Fsp3) is 0.738. The molecule has 0 aliphatic heterocycles. The van der Waals surface area contributed by atoms with Crippen molar-refractivity contribution in [2.24, 2.45) is 5.73 Å². The van der Waals surface area contributed by atoms with Gasteiger partial charge in [0.1, 0.15) is 12.6 Å². The maximum Gasteiger partial charge on any atom is 0.472 e. The van der Waals surface area contributed by atoms with Crippen LogP contribution >= 0.6 is 7.82 Å². The number of rotatable bonds is 38. The number of aliphatic carboxylic acids is 1. The molecule has 6 atom stereocenters. The van der Waals surface area contributed by atoms with Gasteiger partial charge in [-0.2, -0.15) is 0 Å². The Morgan fingerprint density at radius 2 is 1.11 bits per heavy atom. The van der Waals surface area contributed by atoms with Crippen LogP contribution in [0.15, 0.2) is 48.6 Å². The third-order valence-corrected chi connectivity index (χ3v) is 9.90. The van der Waals surface area contributed by atoms with Gasteiger partial charge in [0, 0.05) is 12.8 Å². The second kappa shape index (κ2) is 36.4. The van der Waals surface area contributed by atoms with E-state index in [1.165, 1.54) is 63.9 Å². The summed E-state index contributed by atoms with van der Waals surface area (Å²) in [7, 11) is -4.81. The molecule has 0 aliphatic rings. The van der Waals surface area contributed by atoms with E-state index in [0.717, 1.165) is 44.9 Å². The number of aliphatic hydroxyl groups excluding tert-OH is 3. The number of phosphoric acid groups is 1. The normalized spacial score (nSPS) is 15.9. The number of carbonyl (C=O) groups is 3. The van der Waals surface area contributed by atoms with Crippen LogP contribution in [-0.2, 0) is 37.5 Å². The van der Waals surface area contributed by atoms with E-state index in [1.54, 1.807) is 42.5 Å². The number of carboxylic acid groups (broad SMARTS) is 1. The number of carbonyl (C=O) groups excluding carboxylic acids is 2. The Balaban J connectivity index is 4.74. The van der Waals surface area contributed by atoms with Crippen molar-refractivity contribution in [3.63, 3.8) is 0 Å². The van der Waals surface area contributed by atoms with Gasteiger partial charge in [-0.25, -0.2) is 4.57 Å². The zero-order chi connectivity index (χ0) is 42.6. The SMILES string of the molecule is CCCCCCCCCCCCCCCC(=O)OCC(COP(=O)(O)OCC(N)C(=O)O)OC(=O)CCCC(O)C(O)\C=C/C=C\C=C\C=C/C(O)CCCCC. The Bertz CT molecular complexity index is 1210. The van der Waals surface area contributed by atoms with Crippen molar-refractivity contribution in [1.29, 1.82) is 0 Å². The first kappa shape index (κ1) is 54.3. The average molecular weight is 832 g/mol. The Labute approximate surface area is 341 Å². The van der Waals surface area contributed by atoms with Crippen molar-refractivity contribution in [3.8, 4) is 0 Å². The van der Waals surface area contributed by atoms with Crippen molar-refractivity contribution in [3.05, 3.63) is 48.6 Å². The van der Waals surface area contributed by atoms with Crippen LogP contribution < -0.4 is 5.73 Å². The standard InChI is InChI=1S/C42H74NO13P/c1-3-5-7-8-9-10-11-12-13-14-15-20-24-30-40(47)53-32-36(33-54-57(51,52)55-34-37(43)42(49)50)56-41(48)31-25-29-39(46)38(45)28-23-19-17-16-18-22-27-35(44)26-21-6-4-2/h16-19,22-23,27-28,35-39,44-46H,3-15,20-21,24-26,29-34,43H2,1-2H3,(H,49,50)(H,51,52)/b18-16+,19-17-,27-22-,28-23-. The topological polar surface area (TPSA) is 232 Å². The van der Waals surface area contributed by atoms with Gasteiger partial charge in [0.25, 0.3) is 0 Å². The first-order chi connectivity index (χ1) is 27.3. The van der Waals surface area contributed by atoms with Crippen LogP contribution in [0.1, 0.15) is 149 Å². The summed E-state index contributed by atoms with van der Waals surface area (Å²) in [5, 5.41) is 39.3. The molecular formula is C42H74NO13P. The molecule has 0 heterocycles. The van der Waals surface area contributed by atoms with Crippen LogP contribution in [0, 0.1) is 0 Å². The summed E-state index contributed by atoms with van der Waals surface area (Å²) < 4.78 is 32.4. The van der Waals surface area contributed by atoms with Gasteiger partial charge >= 0.3 is 25.7 Å². The highest BCUT2D eigenvalue weighted by Gasteiger charge is 2.28. The van der Waals surface area contributed by atoms with Gasteiger partial charge in [0.2, 0.25) is 0 Å². The molecule has 57 heavy (non-hydrogen) atoms. The van der Waals surface area contributed by atoms with E-state index >= 15 is 0 Å². The lowest BCUT2D eigenvalue weighted by atomic mass is 10.0. The highest BCUT2D eigenvalue weighted by atomic mass is 31.2. The van der Waals surface area contributed by atoms with Crippen molar-refractivity contribution < 1.29 is 62.8 Å². The van der Waals surface area contributed by atoms with Crippen molar-refractivity contribution in [2.45, 2.75) is 179 Å². The minimum absolute atomic E-state index is 0.0500. The van der Waals surface area contributed by atoms with Gasteiger partial charge < -0.3 is 40.5 Å². The Morgan fingerprint density at radius 1 is 0.614 bits per heavy atom. The third-order valence-electron chi connectivity index (χ3n) is 8.95. The molecule has 330 valence electrons. The Kier molecular flexibility index (Phi) is 34.7. The van der Waals surface area contributed by atoms with Crippen LogP contribution in [-0.4, -0.2) is 93.5 Å². The number of nitrogens with two attached hydrogens (primary N) is 1. The van der Waals surface area contributed by atoms with E-state index in [0.29, 0.717) is 6.42 Å². The molecule has 0 aromatic rings. The summed E-state index contributed by atoms with van der Waals surface area (Å²) in [6.07, 6.45) is 28.3. The van der Waals surface area contributed by atoms with Crippen molar-refractivity contribution >= 4 is 25.7 Å². The molecule has 0 aromatic carbocycles. The van der Waals surface area contributed by atoms with Crippen LogP contribution in [0.25, 0.3) is 0 Å². The predicted octanol–water partition coefficient (Wildman–Crippen LogP) is 7.53. The maximum atomic E-state index is 12.6. The summed E-state index contributed by atoms with van der Waals surface area (Å²) in [5.41, 5.74) is 5.30. The number of esters is 2. The molecule has 0 radical (unpaired) electrons. The molecule has 0 saturated carbocycles. The molecule has 0 bridgehead atoms. The molecular weight excluding hydrogens is 757 g/mol. The highest BCUT2D eigenvalue weighted by Crippen LogP contribution is 2.43. The molecule has 0 aliphatic carbocycles. The molecule has 0 amide bonds. The van der Waals surface area contributed by atoms with Crippen LogP contribution in [0.4, 0.5) is 0 Å². The first-order valence-corrected chi connectivity index (χ1v) is 22.5. The number of carboxylic acids is 1. The fourth-order valence-corrected chi connectivity index (χ4v) is 6.23. The molecule has 0 aromatic heterocycles. The molecule has 6 unspecified atom stereocenters. The molecule has 14 nitrogen and oxygen atoms in total. The smallest absolute Gasteiger partial charge is 0.472 e. The second-order valence-electron chi connectivity index (χ2n) is 14.3. The molecule has 0 spiro atoms. The summed E-state index contributed by atoms with van der Waals surface area (Å²) in [5.74, 6) is -2.76. The molecule has 0 saturated heterocycles. The molecule has 15 heteroatoms. The van der Waals surface area contributed by atoms with Gasteiger partial charge in [-0.05, 0) is 25.7 Å². The molecule has 7 N–H and O–H groups in total. The van der Waals surface area contributed by atoms with E-state index in [1.807, 2.05) is 0 Å². The number of hydrogen-bond donors (Lipinski definition) is 6. The van der Waals surface area contributed by atoms with Gasteiger partial charge in [-0.3, -0.25) is 23.4 Å². The minimum Gasteiger partial charge on any atom is -0.480 e. The van der Waals surface area contributed by atoms with Crippen LogP contribution in [0.2, 0.25) is 0 Å². The van der Waals surface area contributed by atoms with E-state index in [9.17, 15) is 39.2 Å². The van der Waals surface area contributed by atoms with Gasteiger partial charge in [0.15, 0.2) is 6.10 Å². The monoisotopic (exact) mass is 831 g/mol. The van der Waals surface area contributed by atoms with E-state index in [2.05, 4.69) is 18.4 Å². The quantitative estimate of drug-likeness (QED) is 0.0153. The molecule has 0 rings (SSSR count). The fourth-order valence-electron chi connectivity index (χ4n) is 5.45. The van der Waals surface area contributed by atoms with Crippen LogP contribution in [0.5, 0.6) is 0 Å². The summed E-state index contributed by atoms with van der Waals surface area (Å²) in [6, 6.07) is -1.58. The Morgan fingerprint density at radius 3 is 1.68 bits per heavy atom. The number of phosphoric ester groups is 1. The van der Waals surface area contributed by atoms with Gasteiger partial charge in [0.05, 0.1) is 31.5 Å². The molecule has 0 fully saturated rings. The van der Waals surface area contributed by atoms with Gasteiger partial charge in [-0.15, -0.1) is 0 Å². The first-order valence-electron chi connectivity index (χ1n) is 21.0. The number of aliphatic hydroxyl groups is 3. The summed E-state index contributed by atoms with van der Waals surface area (Å²) in [6.45, 7) is 2.33. The lowest BCUT2D eigenvalue weighted by Gasteiger charge is -2.20. The van der Waals surface area contributed by atoms with Crippen molar-refractivity contribution in [2.75, 3.05) is 19.8 Å². The third kappa shape index (κ3) is 35.0. The lowest BCUT2D eigenvalue weighted by Crippen LogP contribution is -2.34. The number of allylic oxidation sites excluding steroid dienone is 6. The second-order valence-corrected chi connectivity index (χ2v) is 15.8. The zero-order valence-corrected chi connectivity index (χ0v) is 35.4.